The lowest BCUT2D eigenvalue weighted by molar-refractivity contribution is -0.137. The van der Waals surface area contributed by atoms with Crippen molar-refractivity contribution in [2.24, 2.45) is 0 Å². The minimum Gasteiger partial charge on any atom is -0.396 e. The van der Waals surface area contributed by atoms with Gasteiger partial charge in [0.1, 0.15) is 0 Å². The maximum Gasteiger partial charge on any atom is 0.417 e. The fraction of sp³-hybridized carbons (Fsp3) is 0.385. The summed E-state index contributed by atoms with van der Waals surface area (Å²) >= 11 is 5.81. The van der Waals surface area contributed by atoms with E-state index in [1.807, 2.05) is 0 Å². The molecule has 2 N–H and O–H groups in total. The molecule has 0 radical (unpaired) electrons. The Labute approximate surface area is 128 Å². The van der Waals surface area contributed by atoms with E-state index in [1.165, 1.54) is 6.20 Å². The molecule has 0 bridgehead atoms. The third-order valence-electron chi connectivity index (χ3n) is 2.88. The van der Waals surface area contributed by atoms with Gasteiger partial charge in [0, 0.05) is 25.5 Å². The van der Waals surface area contributed by atoms with E-state index < -0.39 is 11.7 Å². The van der Waals surface area contributed by atoms with Crippen LogP contribution in [0.1, 0.15) is 17.7 Å². The molecule has 0 spiro atoms. The molecule has 2 aromatic heterocycles. The molecule has 0 aliphatic rings. The number of aliphatic hydroxyl groups excluding tert-OH is 1. The summed E-state index contributed by atoms with van der Waals surface area (Å²) in [5.41, 5.74) is -0.420. The van der Waals surface area contributed by atoms with E-state index in [0.717, 1.165) is 16.7 Å². The Balaban J connectivity index is 2.20. The van der Waals surface area contributed by atoms with Crippen LogP contribution in [0.15, 0.2) is 18.5 Å². The van der Waals surface area contributed by atoms with Crippen molar-refractivity contribution in [1.82, 2.24) is 14.7 Å². The molecule has 0 saturated carbocycles. The summed E-state index contributed by atoms with van der Waals surface area (Å²) in [7, 11) is 0. The summed E-state index contributed by atoms with van der Waals surface area (Å²) in [6, 6.07) is 0.801. The highest BCUT2D eigenvalue weighted by Crippen LogP contribution is 2.32. The molecular weight excluding hydrogens is 323 g/mol. The van der Waals surface area contributed by atoms with Crippen LogP contribution in [0.5, 0.6) is 0 Å². The molecule has 9 heteroatoms. The SMILES string of the molecule is O=C(Cc1cn2cc(C(F)(F)F)cc(Cl)c2n1)NCCCO. The van der Waals surface area contributed by atoms with Gasteiger partial charge >= 0.3 is 6.18 Å². The van der Waals surface area contributed by atoms with E-state index in [0.29, 0.717) is 18.7 Å². The molecule has 22 heavy (non-hydrogen) atoms. The monoisotopic (exact) mass is 335 g/mol. The number of hydrogen-bond acceptors (Lipinski definition) is 3. The second kappa shape index (κ2) is 6.53. The number of aliphatic hydroxyl groups is 1. The van der Waals surface area contributed by atoms with E-state index in [-0.39, 0.29) is 29.6 Å². The average Bonchev–Trinajstić information content (AvgIpc) is 2.81. The van der Waals surface area contributed by atoms with E-state index in [2.05, 4.69) is 10.3 Å². The molecule has 0 fully saturated rings. The van der Waals surface area contributed by atoms with Crippen LogP contribution < -0.4 is 5.32 Å². The average molecular weight is 336 g/mol. The van der Waals surface area contributed by atoms with Gasteiger partial charge in [-0.25, -0.2) is 4.98 Å². The fourth-order valence-corrected chi connectivity index (χ4v) is 2.14. The van der Waals surface area contributed by atoms with Gasteiger partial charge in [0.25, 0.3) is 0 Å². The van der Waals surface area contributed by atoms with Crippen LogP contribution in [0.3, 0.4) is 0 Å². The predicted molar refractivity (Wildman–Crippen MR) is 73.6 cm³/mol. The Morgan fingerprint density at radius 3 is 2.77 bits per heavy atom. The lowest BCUT2D eigenvalue weighted by Crippen LogP contribution is -2.26. The first-order valence-corrected chi connectivity index (χ1v) is 6.81. The molecule has 5 nitrogen and oxygen atoms in total. The number of amides is 1. The largest absolute Gasteiger partial charge is 0.417 e. The number of pyridine rings is 1. The van der Waals surface area contributed by atoms with E-state index >= 15 is 0 Å². The quantitative estimate of drug-likeness (QED) is 0.822. The molecule has 2 heterocycles. The highest BCUT2D eigenvalue weighted by molar-refractivity contribution is 6.33. The summed E-state index contributed by atoms with van der Waals surface area (Å²) in [5.74, 6) is -0.330. The van der Waals surface area contributed by atoms with Crippen LogP contribution in [-0.2, 0) is 17.4 Å². The Morgan fingerprint density at radius 2 is 2.14 bits per heavy atom. The minimum absolute atomic E-state index is 0.0372. The van der Waals surface area contributed by atoms with Gasteiger partial charge in [0.2, 0.25) is 5.91 Å². The molecular formula is C13H13ClF3N3O2. The normalized spacial score (nSPS) is 11.9. The third-order valence-corrected chi connectivity index (χ3v) is 3.16. The van der Waals surface area contributed by atoms with Crippen molar-refractivity contribution in [2.45, 2.75) is 19.0 Å². The van der Waals surface area contributed by atoms with Crippen molar-refractivity contribution in [1.29, 1.82) is 0 Å². The Bertz CT molecular complexity index is 685. The van der Waals surface area contributed by atoms with E-state index in [4.69, 9.17) is 16.7 Å². The number of imidazole rings is 1. The summed E-state index contributed by atoms with van der Waals surface area (Å²) in [5, 5.41) is 11.0. The molecule has 0 atom stereocenters. The standard InChI is InChI=1S/C13H13ClF3N3O2/c14-10-4-8(13(15,16)17)6-20-7-9(19-12(10)20)5-11(22)18-2-1-3-21/h4,6-7,21H,1-3,5H2,(H,18,22). The van der Waals surface area contributed by atoms with Gasteiger partial charge in [-0.1, -0.05) is 11.6 Å². The first kappa shape index (κ1) is 16.6. The number of carbonyl (C=O) groups excluding carboxylic acids is 1. The van der Waals surface area contributed by atoms with Crippen LogP contribution in [0.25, 0.3) is 5.65 Å². The molecule has 0 aliphatic heterocycles. The minimum atomic E-state index is -4.51. The number of nitrogens with zero attached hydrogens (tertiary/aromatic N) is 2. The lowest BCUT2D eigenvalue weighted by Gasteiger charge is -2.07. The number of nitrogens with one attached hydrogen (secondary N) is 1. The number of halogens is 4. The first-order chi connectivity index (χ1) is 10.3. The van der Waals surface area contributed by atoms with Crippen molar-refractivity contribution in [3.8, 4) is 0 Å². The number of fused-ring (bicyclic) bond motifs is 1. The fourth-order valence-electron chi connectivity index (χ4n) is 1.88. The predicted octanol–water partition coefficient (Wildman–Crippen LogP) is 2.05. The summed E-state index contributed by atoms with van der Waals surface area (Å²) in [4.78, 5) is 15.7. The van der Waals surface area contributed by atoms with Gasteiger partial charge in [-0.3, -0.25) is 4.79 Å². The molecule has 2 aromatic rings. The van der Waals surface area contributed by atoms with Crippen LogP contribution in [0, 0.1) is 0 Å². The molecule has 0 aromatic carbocycles. The topological polar surface area (TPSA) is 66.6 Å². The van der Waals surface area contributed by atoms with Gasteiger partial charge in [0.15, 0.2) is 5.65 Å². The van der Waals surface area contributed by atoms with Crippen molar-refractivity contribution >= 4 is 23.2 Å². The molecule has 120 valence electrons. The number of carbonyl (C=O) groups is 1. The number of hydrogen-bond donors (Lipinski definition) is 2. The highest BCUT2D eigenvalue weighted by Gasteiger charge is 2.31. The van der Waals surface area contributed by atoms with Crippen LogP contribution in [0.2, 0.25) is 5.02 Å². The molecule has 0 saturated heterocycles. The zero-order chi connectivity index (χ0) is 16.3. The van der Waals surface area contributed by atoms with Crippen molar-refractivity contribution in [3.63, 3.8) is 0 Å². The maximum atomic E-state index is 12.7. The Hall–Kier alpha value is -1.80. The first-order valence-electron chi connectivity index (χ1n) is 6.43. The molecule has 2 rings (SSSR count). The highest BCUT2D eigenvalue weighted by atomic mass is 35.5. The van der Waals surface area contributed by atoms with E-state index in [9.17, 15) is 18.0 Å². The molecule has 1 amide bonds. The Kier molecular flexibility index (Phi) is 4.92. The maximum absolute atomic E-state index is 12.7. The Morgan fingerprint density at radius 1 is 1.41 bits per heavy atom. The zero-order valence-electron chi connectivity index (χ0n) is 11.3. The van der Waals surface area contributed by atoms with Crippen LogP contribution in [-0.4, -0.2) is 33.6 Å². The summed E-state index contributed by atoms with van der Waals surface area (Å²) in [6.07, 6.45) is -1.95. The molecule has 0 aliphatic carbocycles. The number of alkyl halides is 3. The van der Waals surface area contributed by atoms with Crippen LogP contribution >= 0.6 is 11.6 Å². The van der Waals surface area contributed by atoms with Gasteiger partial charge in [-0.05, 0) is 12.5 Å². The zero-order valence-corrected chi connectivity index (χ0v) is 12.1. The second-order valence-electron chi connectivity index (χ2n) is 4.64. The van der Waals surface area contributed by atoms with Gasteiger partial charge in [-0.2, -0.15) is 13.2 Å². The summed E-state index contributed by atoms with van der Waals surface area (Å²) in [6.45, 7) is 0.284. The van der Waals surface area contributed by atoms with Crippen molar-refractivity contribution in [3.05, 3.63) is 34.7 Å². The van der Waals surface area contributed by atoms with Crippen molar-refractivity contribution in [2.75, 3.05) is 13.2 Å². The lowest BCUT2D eigenvalue weighted by atomic mass is 10.3. The molecule has 0 unspecified atom stereocenters. The van der Waals surface area contributed by atoms with Gasteiger partial charge < -0.3 is 14.8 Å². The van der Waals surface area contributed by atoms with E-state index in [1.54, 1.807) is 0 Å². The number of aromatic nitrogens is 2. The van der Waals surface area contributed by atoms with Gasteiger partial charge in [-0.15, -0.1) is 0 Å². The summed E-state index contributed by atoms with van der Waals surface area (Å²) < 4.78 is 39.3. The second-order valence-corrected chi connectivity index (χ2v) is 5.05. The third kappa shape index (κ3) is 3.89. The number of rotatable bonds is 5. The van der Waals surface area contributed by atoms with Crippen LogP contribution in [0.4, 0.5) is 13.2 Å². The smallest absolute Gasteiger partial charge is 0.396 e. The van der Waals surface area contributed by atoms with Crippen molar-refractivity contribution < 1.29 is 23.1 Å². The van der Waals surface area contributed by atoms with Gasteiger partial charge in [0.05, 0.1) is 22.7 Å².